The SMILES string of the molecule is CC(C)(C)C(=O)Nc1ccccc1[C@@H](c1ccccc1)[Si](C)(C)c1ccccc1. The van der Waals surface area contributed by atoms with Gasteiger partial charge >= 0.3 is 0 Å². The Kier molecular flexibility index (Phi) is 6.09. The Balaban J connectivity index is 2.15. The van der Waals surface area contributed by atoms with Gasteiger partial charge in [0, 0.05) is 16.6 Å². The average Bonchev–Trinajstić information content (AvgIpc) is 2.70. The van der Waals surface area contributed by atoms with E-state index in [4.69, 9.17) is 0 Å². The van der Waals surface area contributed by atoms with Crippen molar-refractivity contribution in [3.05, 3.63) is 96.1 Å². The molecule has 0 fully saturated rings. The van der Waals surface area contributed by atoms with Crippen molar-refractivity contribution < 1.29 is 4.79 Å². The zero-order chi connectivity index (χ0) is 21.1. The van der Waals surface area contributed by atoms with Crippen LogP contribution >= 0.6 is 0 Å². The van der Waals surface area contributed by atoms with Crippen molar-refractivity contribution in [2.45, 2.75) is 39.4 Å². The second kappa shape index (κ2) is 8.38. The summed E-state index contributed by atoms with van der Waals surface area (Å²) < 4.78 is 0. The molecule has 0 bridgehead atoms. The summed E-state index contributed by atoms with van der Waals surface area (Å²) in [5.74, 6) is 0.0379. The Labute approximate surface area is 176 Å². The number of hydrogen-bond donors (Lipinski definition) is 1. The Bertz CT molecular complexity index is 959. The molecule has 3 heteroatoms. The van der Waals surface area contributed by atoms with E-state index in [1.54, 1.807) is 0 Å². The summed E-state index contributed by atoms with van der Waals surface area (Å²) in [5.41, 5.74) is 3.18. The molecule has 0 aliphatic rings. The minimum absolute atomic E-state index is 0.0379. The molecule has 0 unspecified atom stereocenters. The Morgan fingerprint density at radius 2 is 1.31 bits per heavy atom. The third-order valence-electron chi connectivity index (χ3n) is 5.57. The van der Waals surface area contributed by atoms with Crippen molar-refractivity contribution in [2.75, 3.05) is 5.32 Å². The normalized spacial score (nSPS) is 13.0. The highest BCUT2D eigenvalue weighted by molar-refractivity contribution is 6.91. The van der Waals surface area contributed by atoms with E-state index in [0.29, 0.717) is 0 Å². The maximum Gasteiger partial charge on any atom is 0.229 e. The van der Waals surface area contributed by atoms with E-state index in [2.05, 4.69) is 91.2 Å². The monoisotopic (exact) mass is 401 g/mol. The highest BCUT2D eigenvalue weighted by atomic mass is 28.3. The Hall–Kier alpha value is -2.65. The summed E-state index contributed by atoms with van der Waals surface area (Å²) in [6, 6.07) is 29.8. The molecule has 3 aromatic rings. The lowest BCUT2D eigenvalue weighted by Gasteiger charge is -2.35. The number of hydrogen-bond acceptors (Lipinski definition) is 1. The van der Waals surface area contributed by atoms with Gasteiger partial charge in [0.25, 0.3) is 0 Å². The molecule has 0 spiro atoms. The van der Waals surface area contributed by atoms with Crippen LogP contribution in [0.1, 0.15) is 37.4 Å². The number of rotatable bonds is 5. The third kappa shape index (κ3) is 4.68. The van der Waals surface area contributed by atoms with Crippen LogP contribution in [0.3, 0.4) is 0 Å². The molecule has 1 atom stereocenters. The zero-order valence-corrected chi connectivity index (χ0v) is 19.1. The summed E-state index contributed by atoms with van der Waals surface area (Å²) in [4.78, 5) is 12.8. The molecule has 1 N–H and O–H groups in total. The van der Waals surface area contributed by atoms with Gasteiger partial charge in [-0.25, -0.2) is 0 Å². The third-order valence-corrected chi connectivity index (χ3v) is 9.48. The van der Waals surface area contributed by atoms with E-state index in [1.165, 1.54) is 16.3 Å². The minimum Gasteiger partial charge on any atom is -0.325 e. The number of carbonyl (C=O) groups is 1. The largest absolute Gasteiger partial charge is 0.325 e. The van der Waals surface area contributed by atoms with Gasteiger partial charge in [-0.1, -0.05) is 118 Å². The van der Waals surface area contributed by atoms with Gasteiger partial charge in [-0.2, -0.15) is 0 Å². The number of benzene rings is 3. The smallest absolute Gasteiger partial charge is 0.229 e. The van der Waals surface area contributed by atoms with Crippen LogP contribution in [0, 0.1) is 5.41 Å². The van der Waals surface area contributed by atoms with Crippen molar-refractivity contribution in [3.8, 4) is 0 Å². The van der Waals surface area contributed by atoms with E-state index in [1.807, 2.05) is 32.9 Å². The molecule has 1 amide bonds. The molecule has 3 aromatic carbocycles. The number of nitrogens with one attached hydrogen (secondary N) is 1. The van der Waals surface area contributed by atoms with Crippen molar-refractivity contribution in [3.63, 3.8) is 0 Å². The maximum atomic E-state index is 12.8. The van der Waals surface area contributed by atoms with Crippen LogP contribution in [0.2, 0.25) is 13.1 Å². The Morgan fingerprint density at radius 1 is 0.793 bits per heavy atom. The molecular weight excluding hydrogens is 370 g/mol. The van der Waals surface area contributed by atoms with Gasteiger partial charge < -0.3 is 5.32 Å². The number of carbonyl (C=O) groups excluding carboxylic acids is 1. The van der Waals surface area contributed by atoms with E-state index in [9.17, 15) is 4.79 Å². The first-order valence-corrected chi connectivity index (χ1v) is 13.3. The van der Waals surface area contributed by atoms with Crippen LogP contribution in [0.4, 0.5) is 5.69 Å². The van der Waals surface area contributed by atoms with Gasteiger partial charge in [0.05, 0.1) is 8.07 Å². The maximum absolute atomic E-state index is 12.8. The fourth-order valence-electron chi connectivity index (χ4n) is 3.84. The fourth-order valence-corrected chi connectivity index (χ4v) is 7.28. The topological polar surface area (TPSA) is 29.1 Å². The van der Waals surface area contributed by atoms with E-state index in [0.717, 1.165) is 5.69 Å². The second-order valence-corrected chi connectivity index (χ2v) is 13.8. The summed E-state index contributed by atoms with van der Waals surface area (Å²) in [6.45, 7) is 10.7. The number of anilines is 1. The number of amides is 1. The quantitative estimate of drug-likeness (QED) is 0.525. The Morgan fingerprint density at radius 3 is 1.90 bits per heavy atom. The molecular formula is C26H31NOSi. The molecule has 0 saturated carbocycles. The highest BCUT2D eigenvalue weighted by Crippen LogP contribution is 2.38. The van der Waals surface area contributed by atoms with E-state index < -0.39 is 13.5 Å². The predicted molar refractivity (Wildman–Crippen MR) is 126 cm³/mol. The van der Waals surface area contributed by atoms with Gasteiger partial charge in [-0.15, -0.1) is 0 Å². The van der Waals surface area contributed by atoms with E-state index >= 15 is 0 Å². The molecule has 150 valence electrons. The summed E-state index contributed by atoms with van der Waals surface area (Å²) in [5, 5.41) is 4.62. The molecule has 0 saturated heterocycles. The van der Waals surface area contributed by atoms with Crippen LogP contribution in [0.25, 0.3) is 0 Å². The van der Waals surface area contributed by atoms with Crippen LogP contribution < -0.4 is 10.5 Å². The predicted octanol–water partition coefficient (Wildman–Crippen LogP) is 5.96. The minimum atomic E-state index is -1.97. The lowest BCUT2D eigenvalue weighted by Crippen LogP contribution is -2.48. The van der Waals surface area contributed by atoms with Crippen molar-refractivity contribution in [1.29, 1.82) is 0 Å². The molecule has 0 aliphatic heterocycles. The standard InChI is InChI=1S/C26H31NOSi/c1-26(2,3)25(28)27-23-19-13-12-18-22(23)24(20-14-8-6-9-15-20)29(4,5)21-16-10-7-11-17-21/h6-19,24H,1-5H3,(H,27,28)/t24-/m1/s1. The van der Waals surface area contributed by atoms with Crippen LogP contribution in [0.15, 0.2) is 84.9 Å². The molecule has 0 radical (unpaired) electrons. The lowest BCUT2D eigenvalue weighted by atomic mass is 9.95. The van der Waals surface area contributed by atoms with Crippen molar-refractivity contribution in [1.82, 2.24) is 0 Å². The van der Waals surface area contributed by atoms with Crippen molar-refractivity contribution >= 4 is 24.9 Å². The first kappa shape index (κ1) is 21.1. The molecule has 2 nitrogen and oxygen atoms in total. The first-order valence-electron chi connectivity index (χ1n) is 10.2. The van der Waals surface area contributed by atoms with Gasteiger partial charge in [0.1, 0.15) is 0 Å². The molecule has 29 heavy (non-hydrogen) atoms. The zero-order valence-electron chi connectivity index (χ0n) is 18.1. The van der Waals surface area contributed by atoms with Gasteiger partial charge in [0.2, 0.25) is 5.91 Å². The van der Waals surface area contributed by atoms with E-state index in [-0.39, 0.29) is 11.4 Å². The molecule has 0 aliphatic carbocycles. The van der Waals surface area contributed by atoms with Gasteiger partial charge in [0.15, 0.2) is 0 Å². The van der Waals surface area contributed by atoms with Gasteiger partial charge in [-0.3, -0.25) is 4.79 Å². The molecule has 0 heterocycles. The van der Waals surface area contributed by atoms with Crippen LogP contribution in [-0.4, -0.2) is 14.0 Å². The molecule has 3 rings (SSSR count). The average molecular weight is 402 g/mol. The van der Waals surface area contributed by atoms with Crippen LogP contribution in [0.5, 0.6) is 0 Å². The second-order valence-electron chi connectivity index (χ2n) is 9.22. The first-order chi connectivity index (χ1) is 13.7. The lowest BCUT2D eigenvalue weighted by molar-refractivity contribution is -0.123. The van der Waals surface area contributed by atoms with Gasteiger partial charge in [-0.05, 0) is 17.2 Å². The number of para-hydroxylation sites is 1. The summed E-state index contributed by atoms with van der Waals surface area (Å²) in [7, 11) is -1.97. The fraction of sp³-hybridized carbons (Fsp3) is 0.269. The summed E-state index contributed by atoms with van der Waals surface area (Å²) in [6.07, 6.45) is 0. The highest BCUT2D eigenvalue weighted by Gasteiger charge is 2.37. The summed E-state index contributed by atoms with van der Waals surface area (Å²) >= 11 is 0. The van der Waals surface area contributed by atoms with Crippen molar-refractivity contribution in [2.24, 2.45) is 5.41 Å². The molecule has 0 aromatic heterocycles. The van der Waals surface area contributed by atoms with Crippen LogP contribution in [-0.2, 0) is 4.79 Å².